The Morgan fingerprint density at radius 2 is 2.28 bits per heavy atom. The van der Waals surface area contributed by atoms with Crippen molar-refractivity contribution < 1.29 is 8.42 Å². The molecule has 0 aromatic carbocycles. The zero-order chi connectivity index (χ0) is 13.6. The van der Waals surface area contributed by atoms with Gasteiger partial charge in [-0.25, -0.2) is 13.1 Å². The van der Waals surface area contributed by atoms with Gasteiger partial charge in [0.25, 0.3) is 0 Å². The Labute approximate surface area is 106 Å². The molecule has 1 aromatic heterocycles. The molecule has 1 aromatic rings. The molecule has 0 amide bonds. The molecule has 1 fully saturated rings. The number of nitrogens with zero attached hydrogens (tertiary/aromatic N) is 3. The molecule has 2 heterocycles. The number of nitrogens with two attached hydrogens (primary N) is 1. The summed E-state index contributed by atoms with van der Waals surface area (Å²) in [5.74, 6) is 0.445. The van der Waals surface area contributed by atoms with Crippen molar-refractivity contribution in [1.29, 1.82) is 5.26 Å². The molecule has 6 nitrogen and oxygen atoms in total. The van der Waals surface area contributed by atoms with Crippen molar-refractivity contribution in [1.82, 2.24) is 9.78 Å². The molecule has 98 valence electrons. The molecule has 0 spiro atoms. The minimum absolute atomic E-state index is 0.0277. The number of aromatic nitrogens is 2. The Balaban J connectivity index is 2.54. The predicted molar refractivity (Wildman–Crippen MR) is 67.7 cm³/mol. The van der Waals surface area contributed by atoms with Gasteiger partial charge in [0.2, 0.25) is 0 Å². The largest absolute Gasteiger partial charge is 0.383 e. The summed E-state index contributed by atoms with van der Waals surface area (Å²) in [5, 5.41) is 13.4. The van der Waals surface area contributed by atoms with Gasteiger partial charge >= 0.3 is 0 Å². The van der Waals surface area contributed by atoms with E-state index in [2.05, 4.69) is 5.10 Å². The van der Waals surface area contributed by atoms with Gasteiger partial charge in [-0.3, -0.25) is 0 Å². The van der Waals surface area contributed by atoms with E-state index < -0.39 is 15.4 Å². The van der Waals surface area contributed by atoms with Crippen LogP contribution < -0.4 is 5.73 Å². The van der Waals surface area contributed by atoms with Crippen LogP contribution in [0.15, 0.2) is 0 Å². The fourth-order valence-corrected chi connectivity index (χ4v) is 4.53. The second-order valence-electron chi connectivity index (χ2n) is 4.92. The lowest BCUT2D eigenvalue weighted by atomic mass is 10.0. The fraction of sp³-hybridized carbons (Fsp3) is 0.636. The first-order chi connectivity index (χ1) is 8.33. The van der Waals surface area contributed by atoms with Crippen LogP contribution in [-0.2, 0) is 21.8 Å². The average molecular weight is 268 g/mol. The first kappa shape index (κ1) is 12.9. The Morgan fingerprint density at radius 1 is 1.61 bits per heavy atom. The monoisotopic (exact) mass is 268 g/mol. The number of aryl methyl sites for hydroxylation is 1. The van der Waals surface area contributed by atoms with Crippen molar-refractivity contribution in [2.45, 2.75) is 32.2 Å². The van der Waals surface area contributed by atoms with Crippen LogP contribution >= 0.6 is 0 Å². The second-order valence-corrected chi connectivity index (χ2v) is 7.11. The van der Waals surface area contributed by atoms with Gasteiger partial charge in [-0.15, -0.1) is 0 Å². The SMILES string of the molecule is CCc1nn(C2(C)CCS(=O)(=O)C2)c(N)c1C#N. The normalized spacial score (nSPS) is 26.1. The number of rotatable bonds is 2. The maximum absolute atomic E-state index is 11.6. The van der Waals surface area contributed by atoms with Gasteiger partial charge in [0.15, 0.2) is 9.84 Å². The van der Waals surface area contributed by atoms with Crippen molar-refractivity contribution in [2.75, 3.05) is 17.2 Å². The van der Waals surface area contributed by atoms with Gasteiger partial charge in [0, 0.05) is 0 Å². The number of sulfone groups is 1. The highest BCUT2D eigenvalue weighted by Gasteiger charge is 2.42. The van der Waals surface area contributed by atoms with E-state index in [1.54, 1.807) is 0 Å². The Kier molecular flexibility index (Phi) is 2.86. The molecule has 1 unspecified atom stereocenters. The molecular weight excluding hydrogens is 252 g/mol. The molecular formula is C11H16N4O2S. The minimum Gasteiger partial charge on any atom is -0.383 e. The van der Waals surface area contributed by atoms with E-state index in [9.17, 15) is 8.42 Å². The van der Waals surface area contributed by atoms with E-state index in [-0.39, 0.29) is 17.3 Å². The lowest BCUT2D eigenvalue weighted by Gasteiger charge is -2.24. The highest BCUT2D eigenvalue weighted by atomic mass is 32.2. The first-order valence-corrected chi connectivity index (χ1v) is 7.63. The summed E-state index contributed by atoms with van der Waals surface area (Å²) in [7, 11) is -3.04. The van der Waals surface area contributed by atoms with Gasteiger partial charge in [0.1, 0.15) is 17.5 Å². The smallest absolute Gasteiger partial charge is 0.152 e. The Morgan fingerprint density at radius 3 is 2.67 bits per heavy atom. The van der Waals surface area contributed by atoms with E-state index in [1.165, 1.54) is 4.68 Å². The zero-order valence-corrected chi connectivity index (χ0v) is 11.3. The highest BCUT2D eigenvalue weighted by molar-refractivity contribution is 7.91. The van der Waals surface area contributed by atoms with Gasteiger partial charge < -0.3 is 5.73 Å². The molecule has 1 saturated heterocycles. The van der Waals surface area contributed by atoms with E-state index in [4.69, 9.17) is 11.0 Å². The average Bonchev–Trinajstić information content (AvgIpc) is 2.77. The molecule has 0 bridgehead atoms. The van der Waals surface area contributed by atoms with Crippen molar-refractivity contribution >= 4 is 15.7 Å². The zero-order valence-electron chi connectivity index (χ0n) is 10.5. The van der Waals surface area contributed by atoms with Crippen molar-refractivity contribution in [3.8, 4) is 6.07 Å². The molecule has 2 N–H and O–H groups in total. The van der Waals surface area contributed by atoms with Crippen LogP contribution in [0.2, 0.25) is 0 Å². The summed E-state index contributed by atoms with van der Waals surface area (Å²) in [6.07, 6.45) is 1.08. The van der Waals surface area contributed by atoms with Gasteiger partial charge in [-0.2, -0.15) is 10.4 Å². The quantitative estimate of drug-likeness (QED) is 0.838. The number of hydrogen-bond donors (Lipinski definition) is 1. The summed E-state index contributed by atoms with van der Waals surface area (Å²) < 4.78 is 24.8. The van der Waals surface area contributed by atoms with E-state index in [1.807, 2.05) is 19.9 Å². The summed E-state index contributed by atoms with van der Waals surface area (Å²) in [5.41, 5.74) is 6.28. The lowest BCUT2D eigenvalue weighted by Crippen LogP contribution is -2.33. The van der Waals surface area contributed by atoms with Crippen molar-refractivity contribution in [2.24, 2.45) is 0 Å². The number of anilines is 1. The molecule has 1 aliphatic heterocycles. The predicted octanol–water partition coefficient (Wildman–Crippen LogP) is 0.433. The lowest BCUT2D eigenvalue weighted by molar-refractivity contribution is 0.332. The van der Waals surface area contributed by atoms with Crippen LogP contribution in [0.4, 0.5) is 5.82 Å². The van der Waals surface area contributed by atoms with Crippen molar-refractivity contribution in [3.05, 3.63) is 11.3 Å². The van der Waals surface area contributed by atoms with Crippen molar-refractivity contribution in [3.63, 3.8) is 0 Å². The molecule has 1 aliphatic rings. The molecule has 0 saturated carbocycles. The van der Waals surface area contributed by atoms with Gasteiger partial charge in [0.05, 0.1) is 22.7 Å². The van der Waals surface area contributed by atoms with Gasteiger partial charge in [-0.1, -0.05) is 6.92 Å². The third-order valence-electron chi connectivity index (χ3n) is 3.43. The van der Waals surface area contributed by atoms with E-state index in [0.29, 0.717) is 24.1 Å². The molecule has 0 aliphatic carbocycles. The van der Waals surface area contributed by atoms with Crippen LogP contribution in [0, 0.1) is 11.3 Å². The fourth-order valence-electron chi connectivity index (χ4n) is 2.42. The number of hydrogen-bond acceptors (Lipinski definition) is 5. The summed E-state index contributed by atoms with van der Waals surface area (Å²) in [4.78, 5) is 0. The Bertz CT molecular complexity index is 626. The standard InChI is InChI=1S/C11H16N4O2S/c1-3-9-8(6-12)10(13)15(14-9)11(2)4-5-18(16,17)7-11/h3-5,7,13H2,1-2H3. The second kappa shape index (κ2) is 3.99. The third-order valence-corrected chi connectivity index (χ3v) is 5.32. The highest BCUT2D eigenvalue weighted by Crippen LogP contribution is 2.33. The molecule has 7 heteroatoms. The third kappa shape index (κ3) is 1.86. The van der Waals surface area contributed by atoms with Gasteiger partial charge in [-0.05, 0) is 19.8 Å². The van der Waals surface area contributed by atoms with Crippen LogP contribution in [0.1, 0.15) is 31.5 Å². The van der Waals surface area contributed by atoms with E-state index >= 15 is 0 Å². The molecule has 0 radical (unpaired) electrons. The Hall–Kier alpha value is -1.55. The van der Waals surface area contributed by atoms with Crippen LogP contribution in [0.25, 0.3) is 0 Å². The summed E-state index contributed by atoms with van der Waals surface area (Å²) in [6.45, 7) is 3.71. The van der Waals surface area contributed by atoms with E-state index in [0.717, 1.165) is 0 Å². The number of nitrogen functional groups attached to an aromatic ring is 1. The maximum Gasteiger partial charge on any atom is 0.152 e. The van der Waals surface area contributed by atoms with Crippen LogP contribution in [0.5, 0.6) is 0 Å². The molecule has 2 rings (SSSR count). The minimum atomic E-state index is -3.04. The molecule has 18 heavy (non-hydrogen) atoms. The summed E-state index contributed by atoms with van der Waals surface area (Å²) in [6, 6.07) is 2.04. The van der Waals surface area contributed by atoms with Crippen LogP contribution in [-0.4, -0.2) is 29.7 Å². The summed E-state index contributed by atoms with van der Waals surface area (Å²) >= 11 is 0. The topological polar surface area (TPSA) is 102 Å². The maximum atomic E-state index is 11.6. The first-order valence-electron chi connectivity index (χ1n) is 5.81. The number of nitriles is 1. The molecule has 1 atom stereocenters. The van der Waals surface area contributed by atoms with Crippen LogP contribution in [0.3, 0.4) is 0 Å².